The molecule has 8 nitrogen and oxygen atoms in total. The fourth-order valence-electron chi connectivity index (χ4n) is 2.83. The van der Waals surface area contributed by atoms with Crippen LogP contribution in [0.4, 0.5) is 10.1 Å². The standard InChI is InChI=1S/C20H21BrFN5O3/c1-4-29-18-8-13(15(21)11-19(18)30-5-2)9-20(28)23-17-10-14(6-7-16(17)22)27-12(3)24-25-26-27/h6-8,10-11H,4-5,9H2,1-3H3,(H,23,28). The number of hydrogen-bond donors (Lipinski definition) is 1. The highest BCUT2D eigenvalue weighted by atomic mass is 79.9. The lowest BCUT2D eigenvalue weighted by molar-refractivity contribution is -0.115. The van der Waals surface area contributed by atoms with E-state index in [4.69, 9.17) is 9.47 Å². The number of rotatable bonds is 8. The van der Waals surface area contributed by atoms with Crippen molar-refractivity contribution in [3.63, 3.8) is 0 Å². The summed E-state index contributed by atoms with van der Waals surface area (Å²) in [5.41, 5.74) is 1.27. The first-order valence-electron chi connectivity index (χ1n) is 9.35. The molecule has 0 saturated carbocycles. The number of carbonyl (C=O) groups excluding carboxylic acids is 1. The Labute approximate surface area is 181 Å². The monoisotopic (exact) mass is 477 g/mol. The molecule has 0 aliphatic rings. The number of aromatic nitrogens is 4. The average Bonchev–Trinajstić information content (AvgIpc) is 3.13. The van der Waals surface area contributed by atoms with Crippen molar-refractivity contribution in [2.75, 3.05) is 18.5 Å². The second-order valence-electron chi connectivity index (χ2n) is 6.28. The average molecular weight is 478 g/mol. The van der Waals surface area contributed by atoms with Gasteiger partial charge in [0, 0.05) is 4.47 Å². The van der Waals surface area contributed by atoms with Crippen LogP contribution in [0.3, 0.4) is 0 Å². The topological polar surface area (TPSA) is 91.2 Å². The summed E-state index contributed by atoms with van der Waals surface area (Å²) >= 11 is 3.46. The lowest BCUT2D eigenvalue weighted by Gasteiger charge is -2.14. The van der Waals surface area contributed by atoms with Crippen molar-refractivity contribution in [1.82, 2.24) is 20.2 Å². The second-order valence-corrected chi connectivity index (χ2v) is 7.14. The number of anilines is 1. The van der Waals surface area contributed by atoms with E-state index < -0.39 is 5.82 Å². The van der Waals surface area contributed by atoms with Crippen LogP contribution in [-0.2, 0) is 11.2 Å². The number of tetrazole rings is 1. The van der Waals surface area contributed by atoms with E-state index in [9.17, 15) is 9.18 Å². The summed E-state index contributed by atoms with van der Waals surface area (Å²) in [4.78, 5) is 12.6. The maximum Gasteiger partial charge on any atom is 0.228 e. The summed E-state index contributed by atoms with van der Waals surface area (Å²) in [7, 11) is 0. The summed E-state index contributed by atoms with van der Waals surface area (Å²) < 4.78 is 27.6. The van der Waals surface area contributed by atoms with E-state index in [-0.39, 0.29) is 18.0 Å². The molecule has 3 aromatic rings. The van der Waals surface area contributed by atoms with Crippen molar-refractivity contribution < 1.29 is 18.7 Å². The molecular weight excluding hydrogens is 457 g/mol. The minimum atomic E-state index is -0.557. The van der Waals surface area contributed by atoms with Gasteiger partial charge in [-0.2, -0.15) is 4.68 Å². The maximum atomic E-state index is 14.3. The minimum absolute atomic E-state index is 0.0145. The van der Waals surface area contributed by atoms with Crippen LogP contribution in [0.1, 0.15) is 25.2 Å². The van der Waals surface area contributed by atoms with Gasteiger partial charge in [-0.3, -0.25) is 4.79 Å². The highest BCUT2D eigenvalue weighted by molar-refractivity contribution is 9.10. The number of benzene rings is 2. The van der Waals surface area contributed by atoms with Crippen LogP contribution in [0.25, 0.3) is 5.69 Å². The molecule has 0 saturated heterocycles. The largest absolute Gasteiger partial charge is 0.490 e. The Morgan fingerprint density at radius 2 is 1.87 bits per heavy atom. The smallest absolute Gasteiger partial charge is 0.228 e. The molecular formula is C20H21BrFN5O3. The van der Waals surface area contributed by atoms with Gasteiger partial charge in [-0.05, 0) is 67.1 Å². The van der Waals surface area contributed by atoms with Gasteiger partial charge in [-0.25, -0.2) is 4.39 Å². The minimum Gasteiger partial charge on any atom is -0.490 e. The SMILES string of the molecule is CCOc1cc(Br)c(CC(=O)Nc2cc(-n3nnnc3C)ccc2F)cc1OCC. The molecule has 0 fully saturated rings. The van der Waals surface area contributed by atoms with Gasteiger partial charge in [-0.15, -0.1) is 5.10 Å². The lowest BCUT2D eigenvalue weighted by Crippen LogP contribution is -2.16. The molecule has 1 aromatic heterocycles. The van der Waals surface area contributed by atoms with E-state index >= 15 is 0 Å². The molecule has 0 radical (unpaired) electrons. The van der Waals surface area contributed by atoms with Gasteiger partial charge in [0.05, 0.1) is 31.0 Å². The van der Waals surface area contributed by atoms with Gasteiger partial charge in [0.25, 0.3) is 0 Å². The normalized spacial score (nSPS) is 10.7. The highest BCUT2D eigenvalue weighted by Gasteiger charge is 2.16. The second kappa shape index (κ2) is 9.66. The Morgan fingerprint density at radius 1 is 1.17 bits per heavy atom. The molecule has 0 unspecified atom stereocenters. The number of hydrogen-bond acceptors (Lipinski definition) is 6. The Bertz CT molecular complexity index is 1060. The molecule has 0 bridgehead atoms. The van der Waals surface area contributed by atoms with E-state index in [1.165, 1.54) is 22.9 Å². The van der Waals surface area contributed by atoms with Gasteiger partial charge < -0.3 is 14.8 Å². The van der Waals surface area contributed by atoms with Crippen LogP contribution in [0, 0.1) is 12.7 Å². The molecule has 1 heterocycles. The van der Waals surface area contributed by atoms with Crippen LogP contribution in [-0.4, -0.2) is 39.3 Å². The van der Waals surface area contributed by atoms with Crippen molar-refractivity contribution >= 4 is 27.5 Å². The molecule has 0 aliphatic heterocycles. The van der Waals surface area contributed by atoms with Gasteiger partial charge in [0.2, 0.25) is 5.91 Å². The summed E-state index contributed by atoms with van der Waals surface area (Å²) in [6.07, 6.45) is 0.0145. The number of carbonyl (C=O) groups is 1. The number of halogens is 2. The Morgan fingerprint density at radius 3 is 2.50 bits per heavy atom. The van der Waals surface area contributed by atoms with Gasteiger partial charge in [0.15, 0.2) is 17.3 Å². The van der Waals surface area contributed by atoms with Crippen LogP contribution >= 0.6 is 15.9 Å². The third-order valence-corrected chi connectivity index (χ3v) is 4.90. The first kappa shape index (κ1) is 21.7. The highest BCUT2D eigenvalue weighted by Crippen LogP contribution is 2.34. The van der Waals surface area contributed by atoms with E-state index in [0.29, 0.717) is 46.3 Å². The molecule has 0 atom stereocenters. The molecule has 1 amide bonds. The number of nitrogens with zero attached hydrogens (tertiary/aromatic N) is 4. The van der Waals surface area contributed by atoms with Crippen molar-refractivity contribution in [1.29, 1.82) is 0 Å². The Hall–Kier alpha value is -3.01. The fraction of sp³-hybridized carbons (Fsp3) is 0.300. The van der Waals surface area contributed by atoms with E-state index in [2.05, 4.69) is 36.8 Å². The predicted octanol–water partition coefficient (Wildman–Crippen LogP) is 3.85. The van der Waals surface area contributed by atoms with E-state index in [1.54, 1.807) is 19.1 Å². The first-order valence-corrected chi connectivity index (χ1v) is 10.1. The third kappa shape index (κ3) is 4.93. The van der Waals surface area contributed by atoms with Crippen LogP contribution < -0.4 is 14.8 Å². The molecule has 30 heavy (non-hydrogen) atoms. The molecule has 1 N–H and O–H groups in total. The Balaban J connectivity index is 1.80. The molecule has 2 aromatic carbocycles. The molecule has 10 heteroatoms. The number of ether oxygens (including phenoxy) is 2. The summed E-state index contributed by atoms with van der Waals surface area (Å²) in [6, 6.07) is 7.78. The quantitative estimate of drug-likeness (QED) is 0.529. The van der Waals surface area contributed by atoms with Gasteiger partial charge in [-0.1, -0.05) is 15.9 Å². The summed E-state index contributed by atoms with van der Waals surface area (Å²) in [5.74, 6) is 0.740. The summed E-state index contributed by atoms with van der Waals surface area (Å²) in [5, 5.41) is 13.8. The van der Waals surface area contributed by atoms with Crippen LogP contribution in [0.2, 0.25) is 0 Å². The molecule has 0 spiro atoms. The number of amides is 1. The van der Waals surface area contributed by atoms with Crippen molar-refractivity contribution in [3.05, 3.63) is 52.0 Å². The van der Waals surface area contributed by atoms with Crippen LogP contribution in [0.15, 0.2) is 34.8 Å². The lowest BCUT2D eigenvalue weighted by atomic mass is 10.1. The third-order valence-electron chi connectivity index (χ3n) is 4.16. The van der Waals surface area contributed by atoms with Gasteiger partial charge in [0.1, 0.15) is 5.82 Å². The Kier molecular flexibility index (Phi) is 6.99. The zero-order valence-electron chi connectivity index (χ0n) is 16.8. The maximum absolute atomic E-state index is 14.3. The predicted molar refractivity (Wildman–Crippen MR) is 113 cm³/mol. The zero-order valence-corrected chi connectivity index (χ0v) is 18.4. The van der Waals surface area contributed by atoms with E-state index in [0.717, 1.165) is 0 Å². The fourth-order valence-corrected chi connectivity index (χ4v) is 3.29. The number of nitrogens with one attached hydrogen (secondary N) is 1. The van der Waals surface area contributed by atoms with Gasteiger partial charge >= 0.3 is 0 Å². The summed E-state index contributed by atoms with van der Waals surface area (Å²) in [6.45, 7) is 6.42. The van der Waals surface area contributed by atoms with Crippen molar-refractivity contribution in [2.45, 2.75) is 27.2 Å². The molecule has 158 valence electrons. The van der Waals surface area contributed by atoms with Crippen molar-refractivity contribution in [3.8, 4) is 17.2 Å². The van der Waals surface area contributed by atoms with Crippen molar-refractivity contribution in [2.24, 2.45) is 0 Å². The molecule has 3 rings (SSSR count). The molecule has 0 aliphatic carbocycles. The number of aryl methyl sites for hydroxylation is 1. The zero-order chi connectivity index (χ0) is 21.7. The van der Waals surface area contributed by atoms with E-state index in [1.807, 2.05) is 13.8 Å². The van der Waals surface area contributed by atoms with Crippen LogP contribution in [0.5, 0.6) is 11.5 Å². The first-order chi connectivity index (χ1) is 14.4.